The smallest absolute Gasteiger partial charge is 0.255 e. The minimum atomic E-state index is -0.739. The Labute approximate surface area is 119 Å². The Hall–Kier alpha value is -2.28. The van der Waals surface area contributed by atoms with Crippen LogP contribution in [0.5, 0.6) is 0 Å². The Bertz CT molecular complexity index is 659. The molecule has 0 bridgehead atoms. The third-order valence-electron chi connectivity index (χ3n) is 3.88. The molecule has 0 radical (unpaired) electrons. The van der Waals surface area contributed by atoms with E-state index in [0.717, 1.165) is 6.07 Å². The van der Waals surface area contributed by atoms with Crippen molar-refractivity contribution in [1.29, 1.82) is 0 Å². The van der Waals surface area contributed by atoms with Crippen LogP contribution >= 0.6 is 0 Å². The summed E-state index contributed by atoms with van der Waals surface area (Å²) in [5.41, 5.74) is 1.05. The van der Waals surface area contributed by atoms with Crippen LogP contribution in [0.4, 0.5) is 4.39 Å². The average molecular weight is 292 g/mol. The van der Waals surface area contributed by atoms with Crippen molar-refractivity contribution in [2.75, 3.05) is 0 Å². The molecular formula is C14H13FN2O4. The second kappa shape index (κ2) is 4.92. The molecule has 6 nitrogen and oxygen atoms in total. The molecule has 7 heteroatoms. The van der Waals surface area contributed by atoms with Gasteiger partial charge in [-0.1, -0.05) is 0 Å². The van der Waals surface area contributed by atoms with E-state index >= 15 is 0 Å². The number of carbonyl (C=O) groups is 3. The lowest BCUT2D eigenvalue weighted by Gasteiger charge is -2.29. The molecule has 2 aliphatic heterocycles. The molecule has 2 aliphatic rings. The fourth-order valence-electron chi connectivity index (χ4n) is 2.84. The van der Waals surface area contributed by atoms with E-state index in [4.69, 9.17) is 0 Å². The molecule has 3 rings (SSSR count). The quantitative estimate of drug-likeness (QED) is 0.756. The third-order valence-corrected chi connectivity index (χ3v) is 3.88. The van der Waals surface area contributed by atoms with Crippen LogP contribution in [0.2, 0.25) is 0 Å². The Morgan fingerprint density at radius 1 is 1.33 bits per heavy atom. The standard InChI is InChI=1S/C14H13FN2O4/c15-8-3-7(6-18)10-5-17(14(21)9(10)4-8)11-1-2-12(19)16-13(11)20/h3-4,11,18H,1-2,5-6H2,(H,16,19,20). The number of nitrogens with one attached hydrogen (secondary N) is 1. The number of halogens is 1. The van der Waals surface area contributed by atoms with Crippen molar-refractivity contribution in [3.63, 3.8) is 0 Å². The van der Waals surface area contributed by atoms with Crippen molar-refractivity contribution >= 4 is 17.7 Å². The molecule has 2 heterocycles. The highest BCUT2D eigenvalue weighted by Gasteiger charge is 2.40. The zero-order chi connectivity index (χ0) is 15.1. The number of nitrogens with zero attached hydrogens (tertiary/aromatic N) is 1. The Balaban J connectivity index is 1.93. The monoisotopic (exact) mass is 292 g/mol. The van der Waals surface area contributed by atoms with Gasteiger partial charge < -0.3 is 10.0 Å². The molecule has 3 amide bonds. The van der Waals surface area contributed by atoms with Gasteiger partial charge in [0.2, 0.25) is 11.8 Å². The highest BCUT2D eigenvalue weighted by Crippen LogP contribution is 2.30. The predicted molar refractivity (Wildman–Crippen MR) is 68.4 cm³/mol. The van der Waals surface area contributed by atoms with E-state index in [1.54, 1.807) is 0 Å². The number of benzene rings is 1. The molecule has 1 unspecified atom stereocenters. The van der Waals surface area contributed by atoms with Crippen LogP contribution in [0.25, 0.3) is 0 Å². The van der Waals surface area contributed by atoms with E-state index in [1.807, 2.05) is 0 Å². The lowest BCUT2D eigenvalue weighted by molar-refractivity contribution is -0.136. The number of hydrogen-bond acceptors (Lipinski definition) is 4. The minimum Gasteiger partial charge on any atom is -0.392 e. The van der Waals surface area contributed by atoms with Crippen molar-refractivity contribution in [2.45, 2.75) is 32.0 Å². The van der Waals surface area contributed by atoms with Crippen LogP contribution in [0.3, 0.4) is 0 Å². The van der Waals surface area contributed by atoms with E-state index in [9.17, 15) is 23.9 Å². The Morgan fingerprint density at radius 2 is 2.10 bits per heavy atom. The Kier molecular flexibility index (Phi) is 3.21. The minimum absolute atomic E-state index is 0.136. The summed E-state index contributed by atoms with van der Waals surface area (Å²) in [7, 11) is 0. The predicted octanol–water partition coefficient (Wildman–Crippen LogP) is 0.0790. The molecule has 1 saturated heterocycles. The summed E-state index contributed by atoms with van der Waals surface area (Å²) >= 11 is 0. The maximum absolute atomic E-state index is 13.5. The van der Waals surface area contributed by atoms with Crippen LogP contribution < -0.4 is 5.32 Å². The molecule has 1 fully saturated rings. The lowest BCUT2D eigenvalue weighted by atomic mass is 10.0. The molecule has 0 aliphatic carbocycles. The fraction of sp³-hybridized carbons (Fsp3) is 0.357. The molecular weight excluding hydrogens is 279 g/mol. The van der Waals surface area contributed by atoms with Gasteiger partial charge in [-0.2, -0.15) is 0 Å². The van der Waals surface area contributed by atoms with Gasteiger partial charge in [0.05, 0.1) is 6.61 Å². The van der Waals surface area contributed by atoms with E-state index < -0.39 is 23.7 Å². The molecule has 21 heavy (non-hydrogen) atoms. The first-order valence-corrected chi connectivity index (χ1v) is 6.58. The first kappa shape index (κ1) is 13.7. The van der Waals surface area contributed by atoms with Crippen molar-refractivity contribution in [3.05, 3.63) is 34.6 Å². The average Bonchev–Trinajstić information content (AvgIpc) is 2.76. The highest BCUT2D eigenvalue weighted by molar-refractivity contribution is 6.05. The number of amides is 3. The maximum Gasteiger partial charge on any atom is 0.255 e. The van der Waals surface area contributed by atoms with Gasteiger partial charge >= 0.3 is 0 Å². The maximum atomic E-state index is 13.5. The van der Waals surface area contributed by atoms with Crippen molar-refractivity contribution in [2.24, 2.45) is 0 Å². The molecule has 0 spiro atoms. The summed E-state index contributed by atoms with van der Waals surface area (Å²) < 4.78 is 13.5. The molecule has 0 saturated carbocycles. The van der Waals surface area contributed by atoms with Gasteiger partial charge in [0, 0.05) is 18.5 Å². The van der Waals surface area contributed by atoms with Crippen LogP contribution in [0.1, 0.15) is 34.3 Å². The van der Waals surface area contributed by atoms with Crippen LogP contribution in [-0.4, -0.2) is 33.8 Å². The summed E-state index contributed by atoms with van der Waals surface area (Å²) in [6, 6.07) is 1.56. The van der Waals surface area contributed by atoms with E-state index in [2.05, 4.69) is 5.32 Å². The zero-order valence-corrected chi connectivity index (χ0v) is 11.1. The highest BCUT2D eigenvalue weighted by atomic mass is 19.1. The molecule has 1 aromatic rings. The number of fused-ring (bicyclic) bond motifs is 1. The summed E-state index contributed by atoms with van der Waals surface area (Å²) in [4.78, 5) is 36.7. The van der Waals surface area contributed by atoms with Gasteiger partial charge in [0.25, 0.3) is 5.91 Å². The van der Waals surface area contributed by atoms with Crippen molar-refractivity contribution in [3.8, 4) is 0 Å². The summed E-state index contributed by atoms with van der Waals surface area (Å²) in [6.07, 6.45) is 0.416. The largest absolute Gasteiger partial charge is 0.392 e. The number of aliphatic hydroxyl groups is 1. The SMILES string of the molecule is O=C1CCC(N2Cc3c(CO)cc(F)cc3C2=O)C(=O)N1. The number of aliphatic hydroxyl groups excluding tert-OH is 1. The molecule has 1 atom stereocenters. The van der Waals surface area contributed by atoms with E-state index in [0.29, 0.717) is 11.1 Å². The summed E-state index contributed by atoms with van der Waals surface area (Å²) in [6.45, 7) is -0.243. The first-order chi connectivity index (χ1) is 10.0. The number of piperidine rings is 1. The zero-order valence-electron chi connectivity index (χ0n) is 11.1. The summed E-state index contributed by atoms with van der Waals surface area (Å²) in [5.74, 6) is -1.93. The normalized spacial score (nSPS) is 21.5. The lowest BCUT2D eigenvalue weighted by Crippen LogP contribution is -2.52. The van der Waals surface area contributed by atoms with Crippen LogP contribution in [0, 0.1) is 5.82 Å². The number of carbonyl (C=O) groups excluding carboxylic acids is 3. The van der Waals surface area contributed by atoms with Gasteiger partial charge in [-0.05, 0) is 29.7 Å². The number of hydrogen-bond donors (Lipinski definition) is 2. The van der Waals surface area contributed by atoms with E-state index in [-0.39, 0.29) is 37.5 Å². The van der Waals surface area contributed by atoms with Gasteiger partial charge in [-0.15, -0.1) is 0 Å². The van der Waals surface area contributed by atoms with Crippen LogP contribution in [-0.2, 0) is 22.7 Å². The van der Waals surface area contributed by atoms with Gasteiger partial charge in [0.15, 0.2) is 0 Å². The van der Waals surface area contributed by atoms with Gasteiger partial charge in [-0.3, -0.25) is 19.7 Å². The third kappa shape index (κ3) is 2.19. The molecule has 110 valence electrons. The number of rotatable bonds is 2. The van der Waals surface area contributed by atoms with E-state index in [1.165, 1.54) is 11.0 Å². The second-order valence-electron chi connectivity index (χ2n) is 5.15. The first-order valence-electron chi connectivity index (χ1n) is 6.58. The molecule has 2 N–H and O–H groups in total. The molecule has 0 aromatic heterocycles. The fourth-order valence-corrected chi connectivity index (χ4v) is 2.84. The second-order valence-corrected chi connectivity index (χ2v) is 5.15. The number of imide groups is 1. The van der Waals surface area contributed by atoms with Crippen molar-refractivity contribution in [1.82, 2.24) is 10.2 Å². The van der Waals surface area contributed by atoms with Gasteiger partial charge in [0.1, 0.15) is 11.9 Å². The van der Waals surface area contributed by atoms with Crippen LogP contribution in [0.15, 0.2) is 12.1 Å². The molecule has 1 aromatic carbocycles. The summed E-state index contributed by atoms with van der Waals surface area (Å²) in [5, 5.41) is 11.5. The topological polar surface area (TPSA) is 86.7 Å². The Morgan fingerprint density at radius 3 is 2.76 bits per heavy atom. The van der Waals surface area contributed by atoms with Gasteiger partial charge in [-0.25, -0.2) is 4.39 Å². The van der Waals surface area contributed by atoms with Crippen molar-refractivity contribution < 1.29 is 23.9 Å².